The van der Waals surface area contributed by atoms with E-state index in [0.717, 1.165) is 24.3 Å². The lowest BCUT2D eigenvalue weighted by atomic mass is 10.2. The molecule has 1 N–H and O–H groups in total. The summed E-state index contributed by atoms with van der Waals surface area (Å²) in [6.07, 6.45) is 3.22. The number of halogens is 2. The van der Waals surface area contributed by atoms with E-state index >= 15 is 0 Å². The van der Waals surface area contributed by atoms with Gasteiger partial charge in [-0.2, -0.15) is 11.8 Å². The second-order valence-electron chi connectivity index (χ2n) is 3.30. The lowest BCUT2D eigenvalue weighted by Gasteiger charge is -2.05. The Hall–Kier alpha value is -0.250. The van der Waals surface area contributed by atoms with Crippen LogP contribution in [0.5, 0.6) is 0 Å². The van der Waals surface area contributed by atoms with E-state index in [2.05, 4.69) is 11.6 Å². The van der Waals surface area contributed by atoms with Gasteiger partial charge in [-0.3, -0.25) is 0 Å². The molecular weight excluding hydrogens is 233 g/mol. The van der Waals surface area contributed by atoms with Gasteiger partial charge in [-0.25, -0.2) is 4.39 Å². The molecule has 1 rings (SSSR count). The molecule has 0 amide bonds. The molecule has 1 nitrogen and oxygen atoms in total. The largest absolute Gasteiger partial charge is 0.313 e. The van der Waals surface area contributed by atoms with Crippen LogP contribution in [0, 0.1) is 5.82 Å². The maximum atomic E-state index is 12.9. The Labute approximate surface area is 99.4 Å². The molecule has 0 bridgehead atoms. The highest BCUT2D eigenvalue weighted by Crippen LogP contribution is 2.13. The van der Waals surface area contributed by atoms with Crippen molar-refractivity contribution in [3.05, 3.63) is 34.6 Å². The van der Waals surface area contributed by atoms with E-state index in [1.807, 2.05) is 11.8 Å². The zero-order valence-corrected chi connectivity index (χ0v) is 10.3. The molecule has 0 heterocycles. The molecule has 0 radical (unpaired) electrons. The minimum Gasteiger partial charge on any atom is -0.313 e. The van der Waals surface area contributed by atoms with E-state index in [1.165, 1.54) is 12.1 Å². The van der Waals surface area contributed by atoms with Crippen molar-refractivity contribution in [2.24, 2.45) is 0 Å². The Kier molecular flexibility index (Phi) is 6.06. The summed E-state index contributed by atoms with van der Waals surface area (Å²) >= 11 is 7.57. The minimum absolute atomic E-state index is 0.275. The monoisotopic (exact) mass is 247 g/mol. The molecule has 0 aliphatic carbocycles. The van der Waals surface area contributed by atoms with Crippen molar-refractivity contribution in [2.45, 2.75) is 13.0 Å². The van der Waals surface area contributed by atoms with Crippen LogP contribution in [-0.2, 0) is 6.54 Å². The molecule has 1 aromatic carbocycles. The van der Waals surface area contributed by atoms with Crippen LogP contribution in [0.1, 0.15) is 12.0 Å². The van der Waals surface area contributed by atoms with Crippen molar-refractivity contribution in [1.82, 2.24) is 5.32 Å². The highest BCUT2D eigenvalue weighted by molar-refractivity contribution is 7.98. The van der Waals surface area contributed by atoms with Gasteiger partial charge < -0.3 is 5.32 Å². The number of hydrogen-bond donors (Lipinski definition) is 1. The molecule has 0 atom stereocenters. The van der Waals surface area contributed by atoms with Gasteiger partial charge in [-0.15, -0.1) is 0 Å². The summed E-state index contributed by atoms with van der Waals surface area (Å²) < 4.78 is 12.9. The van der Waals surface area contributed by atoms with Gasteiger partial charge in [-0.05, 0) is 48.7 Å². The van der Waals surface area contributed by atoms with Crippen molar-refractivity contribution in [3.8, 4) is 0 Å². The van der Waals surface area contributed by atoms with Crippen LogP contribution in [0.3, 0.4) is 0 Å². The van der Waals surface area contributed by atoms with Crippen LogP contribution < -0.4 is 5.32 Å². The van der Waals surface area contributed by atoms with Gasteiger partial charge in [-0.1, -0.05) is 11.6 Å². The molecule has 1 aromatic rings. The fourth-order valence-corrected chi connectivity index (χ4v) is 1.96. The quantitative estimate of drug-likeness (QED) is 0.774. The van der Waals surface area contributed by atoms with E-state index in [-0.39, 0.29) is 5.82 Å². The minimum atomic E-state index is -0.275. The van der Waals surface area contributed by atoms with Crippen molar-refractivity contribution < 1.29 is 4.39 Å². The maximum absolute atomic E-state index is 12.9. The summed E-state index contributed by atoms with van der Waals surface area (Å²) in [5.41, 5.74) is 0.893. The summed E-state index contributed by atoms with van der Waals surface area (Å²) in [4.78, 5) is 0. The van der Waals surface area contributed by atoms with Crippen LogP contribution in [0.25, 0.3) is 0 Å². The maximum Gasteiger partial charge on any atom is 0.125 e. The topological polar surface area (TPSA) is 12.0 Å². The molecule has 0 saturated heterocycles. The normalized spacial score (nSPS) is 10.6. The van der Waals surface area contributed by atoms with Crippen LogP contribution in [-0.4, -0.2) is 18.6 Å². The second-order valence-corrected chi connectivity index (χ2v) is 4.72. The summed E-state index contributed by atoms with van der Waals surface area (Å²) in [5.74, 6) is 0.875. The Morgan fingerprint density at radius 3 is 2.87 bits per heavy atom. The molecular formula is C11H15ClFNS. The van der Waals surface area contributed by atoms with Crippen LogP contribution >= 0.6 is 23.4 Å². The Morgan fingerprint density at radius 1 is 1.40 bits per heavy atom. The average Bonchev–Trinajstić information content (AvgIpc) is 2.16. The first-order valence-corrected chi connectivity index (χ1v) is 6.64. The van der Waals surface area contributed by atoms with Gasteiger partial charge in [0, 0.05) is 11.6 Å². The first-order valence-electron chi connectivity index (χ1n) is 4.87. The van der Waals surface area contributed by atoms with Crippen LogP contribution in [0.15, 0.2) is 18.2 Å². The Bertz CT molecular complexity index is 286. The molecule has 0 aliphatic heterocycles. The number of hydrogen-bond acceptors (Lipinski definition) is 2. The van der Waals surface area contributed by atoms with Crippen LogP contribution in [0.2, 0.25) is 5.02 Å². The smallest absolute Gasteiger partial charge is 0.125 e. The van der Waals surface area contributed by atoms with E-state index in [4.69, 9.17) is 11.6 Å². The number of nitrogens with one attached hydrogen (secondary N) is 1. The Balaban J connectivity index is 2.31. The van der Waals surface area contributed by atoms with Crippen LogP contribution in [0.4, 0.5) is 4.39 Å². The molecule has 0 unspecified atom stereocenters. The first kappa shape index (κ1) is 12.8. The predicted molar refractivity (Wildman–Crippen MR) is 66.1 cm³/mol. The van der Waals surface area contributed by atoms with E-state index in [1.54, 1.807) is 6.07 Å². The fraction of sp³-hybridized carbons (Fsp3) is 0.455. The van der Waals surface area contributed by atoms with Crippen molar-refractivity contribution >= 4 is 23.4 Å². The molecule has 0 aromatic heterocycles. The molecule has 0 aliphatic rings. The highest BCUT2D eigenvalue weighted by atomic mass is 35.5. The van der Waals surface area contributed by atoms with E-state index < -0.39 is 0 Å². The molecule has 0 saturated carbocycles. The zero-order chi connectivity index (χ0) is 11.1. The van der Waals surface area contributed by atoms with Gasteiger partial charge >= 0.3 is 0 Å². The summed E-state index contributed by atoms with van der Waals surface area (Å²) in [6.45, 7) is 1.63. The van der Waals surface area contributed by atoms with Gasteiger partial charge in [0.1, 0.15) is 5.82 Å². The van der Waals surface area contributed by atoms with Gasteiger partial charge in [0.2, 0.25) is 0 Å². The van der Waals surface area contributed by atoms with E-state index in [0.29, 0.717) is 11.6 Å². The second kappa shape index (κ2) is 7.09. The Morgan fingerprint density at radius 2 is 2.20 bits per heavy atom. The molecule has 0 spiro atoms. The zero-order valence-electron chi connectivity index (χ0n) is 8.72. The van der Waals surface area contributed by atoms with E-state index in [9.17, 15) is 4.39 Å². The fourth-order valence-electron chi connectivity index (χ4n) is 1.29. The number of benzene rings is 1. The third kappa shape index (κ3) is 5.40. The molecule has 4 heteroatoms. The van der Waals surface area contributed by atoms with Crippen molar-refractivity contribution in [3.63, 3.8) is 0 Å². The predicted octanol–water partition coefficient (Wildman–Crippen LogP) is 3.32. The molecule has 0 fully saturated rings. The summed E-state index contributed by atoms with van der Waals surface area (Å²) in [7, 11) is 0. The summed E-state index contributed by atoms with van der Waals surface area (Å²) in [5, 5.41) is 3.71. The van der Waals surface area contributed by atoms with Gasteiger partial charge in [0.05, 0.1) is 0 Å². The molecule has 84 valence electrons. The third-order valence-corrected chi connectivity index (χ3v) is 2.87. The first-order chi connectivity index (χ1) is 7.22. The highest BCUT2D eigenvalue weighted by Gasteiger charge is 1.98. The number of rotatable bonds is 6. The van der Waals surface area contributed by atoms with Gasteiger partial charge in [0.15, 0.2) is 0 Å². The molecule has 15 heavy (non-hydrogen) atoms. The van der Waals surface area contributed by atoms with Gasteiger partial charge in [0.25, 0.3) is 0 Å². The number of thioether (sulfide) groups is 1. The lowest BCUT2D eigenvalue weighted by molar-refractivity contribution is 0.619. The third-order valence-electron chi connectivity index (χ3n) is 1.95. The SMILES string of the molecule is CSCCCNCc1cc(F)cc(Cl)c1. The standard InChI is InChI=1S/C11H15ClFNS/c1-15-4-2-3-14-8-9-5-10(12)7-11(13)6-9/h5-7,14H,2-4,8H2,1H3. The average molecular weight is 248 g/mol. The summed E-state index contributed by atoms with van der Waals surface area (Å²) in [6, 6.07) is 4.61. The lowest BCUT2D eigenvalue weighted by Crippen LogP contribution is -2.15. The van der Waals surface area contributed by atoms with Crippen molar-refractivity contribution in [1.29, 1.82) is 0 Å². The van der Waals surface area contributed by atoms with Crippen molar-refractivity contribution in [2.75, 3.05) is 18.6 Å².